The van der Waals surface area contributed by atoms with E-state index in [2.05, 4.69) is 31.9 Å². The van der Waals surface area contributed by atoms with Crippen LogP contribution < -0.4 is 31.9 Å². The average Bonchev–Trinajstić information content (AvgIpc) is 3.17. The van der Waals surface area contributed by atoms with E-state index in [1.54, 1.807) is 42.5 Å². The summed E-state index contributed by atoms with van der Waals surface area (Å²) in [7, 11) is 0. The van der Waals surface area contributed by atoms with Gasteiger partial charge in [-0.1, -0.05) is 69.6 Å². The first-order chi connectivity index (χ1) is 28.7. The van der Waals surface area contributed by atoms with Crippen LogP contribution in [0.15, 0.2) is 121 Å². The number of rotatable bonds is 6. The Kier molecular flexibility index (Phi) is 17.3. The highest BCUT2D eigenvalue weighted by Gasteiger charge is 2.30. The third-order valence-corrected chi connectivity index (χ3v) is 8.71. The van der Waals surface area contributed by atoms with Gasteiger partial charge in [-0.2, -0.15) is 13.2 Å². The van der Waals surface area contributed by atoms with E-state index in [-0.39, 0.29) is 40.0 Å². The van der Waals surface area contributed by atoms with Crippen molar-refractivity contribution < 1.29 is 42.9 Å². The molecular weight excluding hydrogens is 930 g/mol. The van der Waals surface area contributed by atoms with Crippen molar-refractivity contribution in [2.45, 2.75) is 6.18 Å². The number of anilines is 6. The lowest BCUT2D eigenvalue weighted by molar-refractivity contribution is -0.137. The molecule has 6 aromatic carbocycles. The van der Waals surface area contributed by atoms with E-state index < -0.39 is 29.8 Å². The molecule has 0 aliphatic heterocycles. The largest absolute Gasteiger partial charge is 0.506 e. The third-order valence-electron chi connectivity index (χ3n) is 7.31. The molecule has 12 nitrogen and oxygen atoms in total. The second-order valence-electron chi connectivity index (χ2n) is 12.0. The SMILES string of the molecule is O=C(Nc1cc(Cl)cc(Cl)c1)Nc1cc(Cl)ccc1O.O=C(Nc1ccc(C(F)(F)F)cc1)Nc1cc(Cl)ccc1O.O=C(Nc1ccc(Cl)cc1)Nc1cc(Cl)ccc1O. The first-order valence-corrected chi connectivity index (χ1v) is 19.1. The lowest BCUT2D eigenvalue weighted by Gasteiger charge is -2.10. The molecule has 0 fully saturated rings. The van der Waals surface area contributed by atoms with Gasteiger partial charge in [0.1, 0.15) is 17.2 Å². The van der Waals surface area contributed by atoms with Gasteiger partial charge in [0, 0.05) is 47.2 Å². The maximum atomic E-state index is 12.4. The summed E-state index contributed by atoms with van der Waals surface area (Å²) in [5.41, 5.74) is 0.891. The quantitative estimate of drug-likeness (QED) is 0.0748. The highest BCUT2D eigenvalue weighted by molar-refractivity contribution is 6.35. The van der Waals surface area contributed by atoms with Gasteiger partial charge in [0.15, 0.2) is 0 Å². The number of benzene rings is 6. The van der Waals surface area contributed by atoms with Crippen molar-refractivity contribution in [1.29, 1.82) is 0 Å². The number of carbonyl (C=O) groups is 3. The van der Waals surface area contributed by atoms with Crippen LogP contribution in [0.1, 0.15) is 5.56 Å². The van der Waals surface area contributed by atoms with Gasteiger partial charge in [0.05, 0.1) is 22.6 Å². The monoisotopic (exact) mass is 956 g/mol. The minimum absolute atomic E-state index is 0.0596. The van der Waals surface area contributed by atoms with Crippen molar-refractivity contribution >= 4 is 122 Å². The molecule has 0 atom stereocenters. The first-order valence-electron chi connectivity index (χ1n) is 16.8. The normalized spacial score (nSPS) is 10.4. The van der Waals surface area contributed by atoms with E-state index in [0.717, 1.165) is 24.3 Å². The Morgan fingerprint density at radius 3 is 1.03 bits per heavy atom. The highest BCUT2D eigenvalue weighted by Crippen LogP contribution is 2.31. The number of urea groups is 3. The zero-order valence-corrected chi connectivity index (χ0v) is 35.1. The van der Waals surface area contributed by atoms with Crippen LogP contribution in [0, 0.1) is 0 Å². The van der Waals surface area contributed by atoms with E-state index in [4.69, 9.17) is 69.6 Å². The summed E-state index contributed by atoms with van der Waals surface area (Å²) in [6.07, 6.45) is -4.44. The van der Waals surface area contributed by atoms with Gasteiger partial charge in [-0.05, 0) is 121 Å². The van der Waals surface area contributed by atoms with E-state index in [1.807, 2.05) is 0 Å². The fraction of sp³-hybridized carbons (Fsp3) is 0.0250. The van der Waals surface area contributed by atoms with E-state index in [1.165, 1.54) is 54.6 Å². The summed E-state index contributed by atoms with van der Waals surface area (Å²) in [5.74, 6) is -0.337. The zero-order valence-electron chi connectivity index (χ0n) is 30.5. The molecule has 0 aromatic heterocycles. The molecule has 6 aromatic rings. The molecule has 6 rings (SSSR count). The fourth-order valence-corrected chi connectivity index (χ4v) is 5.75. The summed E-state index contributed by atoms with van der Waals surface area (Å²) in [6, 6.07) is 26.3. The minimum atomic E-state index is -4.44. The van der Waals surface area contributed by atoms with Crippen molar-refractivity contribution in [2.24, 2.45) is 0 Å². The molecule has 0 heterocycles. The van der Waals surface area contributed by atoms with Gasteiger partial charge >= 0.3 is 24.3 Å². The summed E-state index contributed by atoms with van der Waals surface area (Å²) in [6.45, 7) is 0. The van der Waals surface area contributed by atoms with Gasteiger partial charge in [-0.25, -0.2) is 14.4 Å². The second kappa shape index (κ2) is 22.1. The van der Waals surface area contributed by atoms with Crippen LogP contribution in [0.2, 0.25) is 30.1 Å². The van der Waals surface area contributed by atoms with E-state index >= 15 is 0 Å². The number of alkyl halides is 3. The average molecular weight is 959 g/mol. The Bertz CT molecular complexity index is 2480. The van der Waals surface area contributed by atoms with Crippen molar-refractivity contribution in [3.05, 3.63) is 157 Å². The van der Waals surface area contributed by atoms with Crippen LogP contribution in [0.3, 0.4) is 0 Å². The summed E-state index contributed by atoms with van der Waals surface area (Å²) in [4.78, 5) is 35.3. The standard InChI is InChI=1S/C14H10ClF3N2O2.C13H9Cl3N2O2.C13H10Cl2N2O2/c15-9-3-6-12(21)11(7-9)20-13(22)19-10-4-1-8(2-5-10)14(16,17)18;14-7-1-2-12(19)11(6-7)18-13(20)17-10-4-8(15)3-9(16)5-10;14-8-1-4-10(5-2-8)16-13(19)17-11-7-9(15)3-6-12(11)18/h1-7,21H,(H2,19,20,22);1-6,19H,(H2,17,18,20);1-7,18H,(H2,16,17,19). The highest BCUT2D eigenvalue weighted by atomic mass is 35.5. The van der Waals surface area contributed by atoms with Crippen LogP contribution in [0.5, 0.6) is 17.2 Å². The molecule has 318 valence electrons. The maximum absolute atomic E-state index is 12.4. The predicted octanol–water partition coefficient (Wildman–Crippen LogP) is 14.0. The number of carbonyl (C=O) groups excluding carboxylic acids is 3. The number of hydrogen-bond donors (Lipinski definition) is 9. The zero-order chi connectivity index (χ0) is 44.9. The molecule has 21 heteroatoms. The Morgan fingerprint density at radius 2 is 0.689 bits per heavy atom. The maximum Gasteiger partial charge on any atom is 0.416 e. The smallest absolute Gasteiger partial charge is 0.416 e. The Labute approximate surface area is 375 Å². The van der Waals surface area contributed by atoms with Gasteiger partial charge < -0.3 is 47.2 Å². The molecular formula is C40H29Cl6F3N6O6. The Hall–Kier alpha value is -5.94. The number of phenolic OH excluding ortho intramolecular Hbond substituents is 3. The fourth-order valence-electron chi connectivity index (χ4n) is 4.58. The predicted molar refractivity (Wildman–Crippen MR) is 237 cm³/mol. The second-order valence-corrected chi connectivity index (χ2v) is 14.6. The summed E-state index contributed by atoms with van der Waals surface area (Å²) >= 11 is 34.7. The van der Waals surface area contributed by atoms with Crippen molar-refractivity contribution in [3.63, 3.8) is 0 Å². The molecule has 0 saturated carbocycles. The molecule has 0 saturated heterocycles. The van der Waals surface area contributed by atoms with Gasteiger partial charge in [0.2, 0.25) is 0 Å². The molecule has 0 aliphatic carbocycles. The molecule has 9 N–H and O–H groups in total. The number of phenols is 3. The first kappa shape index (κ1) is 47.7. The summed E-state index contributed by atoms with van der Waals surface area (Å²) in [5, 5.41) is 46.0. The van der Waals surface area contributed by atoms with Gasteiger partial charge in [-0.15, -0.1) is 0 Å². The van der Waals surface area contributed by atoms with Crippen LogP contribution in [0.4, 0.5) is 61.7 Å². The molecule has 61 heavy (non-hydrogen) atoms. The molecule has 0 unspecified atom stereocenters. The van der Waals surface area contributed by atoms with Gasteiger partial charge in [0.25, 0.3) is 0 Å². The molecule has 6 amide bonds. The van der Waals surface area contributed by atoms with E-state index in [9.17, 15) is 42.9 Å². The van der Waals surface area contributed by atoms with Crippen molar-refractivity contribution in [1.82, 2.24) is 0 Å². The lowest BCUT2D eigenvalue weighted by Crippen LogP contribution is -2.19. The minimum Gasteiger partial charge on any atom is -0.506 e. The van der Waals surface area contributed by atoms with Crippen LogP contribution >= 0.6 is 69.6 Å². The third kappa shape index (κ3) is 16.2. The molecule has 0 bridgehead atoms. The molecule has 0 aliphatic rings. The van der Waals surface area contributed by atoms with Crippen molar-refractivity contribution in [2.75, 3.05) is 31.9 Å². The number of hydrogen-bond acceptors (Lipinski definition) is 6. The number of amides is 6. The Balaban J connectivity index is 0.000000202. The van der Waals surface area contributed by atoms with Crippen LogP contribution in [-0.4, -0.2) is 33.4 Å². The van der Waals surface area contributed by atoms with E-state index in [0.29, 0.717) is 41.5 Å². The van der Waals surface area contributed by atoms with Crippen LogP contribution in [0.25, 0.3) is 0 Å². The number of aromatic hydroxyl groups is 3. The van der Waals surface area contributed by atoms with Crippen molar-refractivity contribution in [3.8, 4) is 17.2 Å². The number of nitrogens with one attached hydrogen (secondary N) is 6. The molecule has 0 radical (unpaired) electrons. The summed E-state index contributed by atoms with van der Waals surface area (Å²) < 4.78 is 37.2. The topological polar surface area (TPSA) is 184 Å². The lowest BCUT2D eigenvalue weighted by atomic mass is 10.2. The van der Waals surface area contributed by atoms with Crippen LogP contribution in [-0.2, 0) is 6.18 Å². The molecule has 0 spiro atoms. The van der Waals surface area contributed by atoms with Gasteiger partial charge in [-0.3, -0.25) is 0 Å². The number of halogens is 9. The Morgan fingerprint density at radius 1 is 0.377 bits per heavy atom.